The number of ketones is 1. The summed E-state index contributed by atoms with van der Waals surface area (Å²) in [5.74, 6) is 2.66. The van der Waals surface area contributed by atoms with Gasteiger partial charge >= 0.3 is 5.97 Å². The fourth-order valence-electron chi connectivity index (χ4n) is 8.08. The lowest BCUT2D eigenvalue weighted by Gasteiger charge is -2.59. The van der Waals surface area contributed by atoms with E-state index in [1.807, 2.05) is 30.3 Å². The number of ether oxygens (including phenoxy) is 1. The third-order valence-corrected chi connectivity index (χ3v) is 9.57. The summed E-state index contributed by atoms with van der Waals surface area (Å²) >= 11 is 0. The van der Waals surface area contributed by atoms with Crippen LogP contribution in [0.25, 0.3) is 0 Å². The zero-order valence-electron chi connectivity index (χ0n) is 17.9. The second kappa shape index (κ2) is 6.96. The molecule has 0 bridgehead atoms. The first-order valence-electron chi connectivity index (χ1n) is 11.7. The number of hydrogen-bond donors (Lipinski definition) is 0. The van der Waals surface area contributed by atoms with Crippen molar-refractivity contribution >= 4 is 11.8 Å². The van der Waals surface area contributed by atoms with Crippen LogP contribution in [0, 0.1) is 34.5 Å². The van der Waals surface area contributed by atoms with Crippen LogP contribution in [-0.2, 0) is 9.53 Å². The molecule has 0 amide bonds. The van der Waals surface area contributed by atoms with Crippen LogP contribution < -0.4 is 0 Å². The maximum absolute atomic E-state index is 12.7. The fourth-order valence-corrected chi connectivity index (χ4v) is 8.08. The fraction of sp³-hybridized carbons (Fsp3) is 0.692. The van der Waals surface area contributed by atoms with Gasteiger partial charge in [0.05, 0.1) is 5.56 Å². The lowest BCUT2D eigenvalue weighted by atomic mass is 9.45. The molecule has 0 N–H and O–H groups in total. The van der Waals surface area contributed by atoms with Crippen molar-refractivity contribution in [3.8, 4) is 0 Å². The largest absolute Gasteiger partial charge is 0.458 e. The Labute approximate surface area is 174 Å². The minimum atomic E-state index is -0.173. The summed E-state index contributed by atoms with van der Waals surface area (Å²) in [5, 5.41) is 0. The first kappa shape index (κ1) is 19.3. The van der Waals surface area contributed by atoms with Crippen LogP contribution in [0.1, 0.15) is 82.0 Å². The number of esters is 1. The molecular weight excluding hydrogens is 360 g/mol. The van der Waals surface area contributed by atoms with Crippen LogP contribution in [0.5, 0.6) is 0 Å². The Morgan fingerprint density at radius 1 is 0.931 bits per heavy atom. The van der Waals surface area contributed by atoms with Gasteiger partial charge in [-0.25, -0.2) is 4.79 Å². The zero-order valence-corrected chi connectivity index (χ0v) is 17.9. The van der Waals surface area contributed by atoms with Gasteiger partial charge in [0.25, 0.3) is 0 Å². The molecule has 4 saturated carbocycles. The minimum absolute atomic E-state index is 0.0275. The molecule has 0 radical (unpaired) electrons. The van der Waals surface area contributed by atoms with Crippen molar-refractivity contribution < 1.29 is 14.3 Å². The Bertz CT molecular complexity index is 801. The number of hydrogen-bond acceptors (Lipinski definition) is 3. The summed E-state index contributed by atoms with van der Waals surface area (Å²) in [6.07, 6.45) is 9.87. The van der Waals surface area contributed by atoms with E-state index in [0.29, 0.717) is 35.0 Å². The molecule has 0 heterocycles. The summed E-state index contributed by atoms with van der Waals surface area (Å²) < 4.78 is 6.11. The van der Waals surface area contributed by atoms with Crippen molar-refractivity contribution in [3.63, 3.8) is 0 Å². The van der Waals surface area contributed by atoms with E-state index in [4.69, 9.17) is 4.74 Å². The minimum Gasteiger partial charge on any atom is -0.458 e. The second-order valence-electron chi connectivity index (χ2n) is 10.7. The summed E-state index contributed by atoms with van der Waals surface area (Å²) in [4.78, 5) is 25.4. The van der Waals surface area contributed by atoms with Crippen LogP contribution in [0.3, 0.4) is 0 Å². The summed E-state index contributed by atoms with van der Waals surface area (Å²) in [6, 6.07) is 9.40. The zero-order chi connectivity index (χ0) is 20.2. The number of Topliss-reactive ketones (excluding diaryl/α,β-unsaturated/α-hetero) is 1. The van der Waals surface area contributed by atoms with E-state index in [1.54, 1.807) is 0 Å². The molecule has 29 heavy (non-hydrogen) atoms. The molecule has 0 aliphatic heterocycles. The normalized spacial score (nSPS) is 43.8. The van der Waals surface area contributed by atoms with Crippen molar-refractivity contribution in [2.75, 3.05) is 0 Å². The van der Waals surface area contributed by atoms with Crippen LogP contribution >= 0.6 is 0 Å². The molecule has 1 aromatic carbocycles. The Hall–Kier alpha value is -1.64. The first-order valence-corrected chi connectivity index (χ1v) is 11.7. The predicted octanol–water partition coefficient (Wildman–Crippen LogP) is 5.82. The topological polar surface area (TPSA) is 43.4 Å². The second-order valence-corrected chi connectivity index (χ2v) is 10.7. The highest BCUT2D eigenvalue weighted by atomic mass is 16.5. The lowest BCUT2D eigenvalue weighted by Crippen LogP contribution is -2.55. The van der Waals surface area contributed by atoms with Gasteiger partial charge in [-0.05, 0) is 86.7 Å². The molecule has 4 aliphatic rings. The van der Waals surface area contributed by atoms with E-state index >= 15 is 0 Å². The molecular formula is C26H34O3. The number of fused-ring (bicyclic) bond motifs is 5. The van der Waals surface area contributed by atoms with Gasteiger partial charge in [0.1, 0.15) is 11.9 Å². The molecule has 4 fully saturated rings. The van der Waals surface area contributed by atoms with Gasteiger partial charge in [0.2, 0.25) is 0 Å². The van der Waals surface area contributed by atoms with Crippen molar-refractivity contribution in [1.82, 2.24) is 0 Å². The SMILES string of the molecule is C[C@]12CCCC(=O)C1CC[C@@H]1[C@H]2CC[C@]2(C)C(OC(=O)c3ccccc3)CC[C@@H]12. The number of benzene rings is 1. The van der Waals surface area contributed by atoms with Crippen LogP contribution in [0.4, 0.5) is 0 Å². The Morgan fingerprint density at radius 3 is 2.48 bits per heavy atom. The maximum atomic E-state index is 12.7. The monoisotopic (exact) mass is 394 g/mol. The molecule has 4 aliphatic carbocycles. The van der Waals surface area contributed by atoms with Crippen molar-refractivity contribution in [2.45, 2.75) is 77.7 Å². The van der Waals surface area contributed by atoms with E-state index < -0.39 is 0 Å². The average Bonchev–Trinajstić information content (AvgIpc) is 3.05. The molecule has 0 spiro atoms. The van der Waals surface area contributed by atoms with Gasteiger partial charge < -0.3 is 4.74 Å². The Kier molecular flexibility index (Phi) is 4.64. The molecule has 3 nitrogen and oxygen atoms in total. The summed E-state index contributed by atoms with van der Waals surface area (Å²) in [6.45, 7) is 4.81. The van der Waals surface area contributed by atoms with Crippen molar-refractivity contribution in [1.29, 1.82) is 0 Å². The highest BCUT2D eigenvalue weighted by Crippen LogP contribution is 2.66. The third-order valence-electron chi connectivity index (χ3n) is 9.57. The van der Waals surface area contributed by atoms with Gasteiger partial charge in [-0.3, -0.25) is 4.79 Å². The van der Waals surface area contributed by atoms with E-state index in [0.717, 1.165) is 32.1 Å². The molecule has 7 atom stereocenters. The highest BCUT2D eigenvalue weighted by Gasteiger charge is 2.61. The van der Waals surface area contributed by atoms with Gasteiger partial charge in [0.15, 0.2) is 0 Å². The van der Waals surface area contributed by atoms with Crippen LogP contribution in [-0.4, -0.2) is 17.9 Å². The number of carbonyl (C=O) groups excluding carboxylic acids is 2. The van der Waals surface area contributed by atoms with Crippen molar-refractivity contribution in [3.05, 3.63) is 35.9 Å². The van der Waals surface area contributed by atoms with E-state index in [-0.39, 0.29) is 22.9 Å². The van der Waals surface area contributed by atoms with Gasteiger partial charge in [0, 0.05) is 17.8 Å². The van der Waals surface area contributed by atoms with Gasteiger partial charge in [-0.1, -0.05) is 32.0 Å². The molecule has 156 valence electrons. The number of rotatable bonds is 2. The molecule has 2 unspecified atom stereocenters. The van der Waals surface area contributed by atoms with Crippen LogP contribution in [0.2, 0.25) is 0 Å². The van der Waals surface area contributed by atoms with Crippen LogP contribution in [0.15, 0.2) is 30.3 Å². The molecule has 0 aromatic heterocycles. The Balaban J connectivity index is 1.36. The van der Waals surface area contributed by atoms with Gasteiger partial charge in [-0.15, -0.1) is 0 Å². The smallest absolute Gasteiger partial charge is 0.338 e. The first-order chi connectivity index (χ1) is 13.9. The number of carbonyl (C=O) groups is 2. The molecule has 1 aromatic rings. The molecule has 0 saturated heterocycles. The molecule has 3 heteroatoms. The third kappa shape index (κ3) is 2.91. The summed E-state index contributed by atoms with van der Waals surface area (Å²) in [7, 11) is 0. The molecule has 5 rings (SSSR count). The maximum Gasteiger partial charge on any atom is 0.338 e. The lowest BCUT2D eigenvalue weighted by molar-refractivity contribution is -0.150. The predicted molar refractivity (Wildman–Crippen MR) is 112 cm³/mol. The van der Waals surface area contributed by atoms with E-state index in [1.165, 1.54) is 25.7 Å². The highest BCUT2D eigenvalue weighted by molar-refractivity contribution is 5.89. The Morgan fingerprint density at radius 2 is 1.69 bits per heavy atom. The average molecular weight is 395 g/mol. The quantitative estimate of drug-likeness (QED) is 0.593. The van der Waals surface area contributed by atoms with E-state index in [2.05, 4.69) is 13.8 Å². The standard InChI is InChI=1S/C26H34O3/c1-25-15-6-9-22(27)21(25)11-10-18-19-12-13-23(26(19,2)16-14-20(18)25)29-24(28)17-7-4-3-5-8-17/h3-5,7-8,18-21,23H,6,9-16H2,1-2H3/t18-,19-,20+,21?,23?,25+,26-/m0/s1. The van der Waals surface area contributed by atoms with E-state index in [9.17, 15) is 9.59 Å². The van der Waals surface area contributed by atoms with Gasteiger partial charge in [-0.2, -0.15) is 0 Å². The van der Waals surface area contributed by atoms with Crippen molar-refractivity contribution in [2.24, 2.45) is 34.5 Å². The summed E-state index contributed by atoms with van der Waals surface area (Å²) in [5.41, 5.74) is 0.952.